The molecule has 1 N–H and O–H groups in total. The van der Waals surface area contributed by atoms with Gasteiger partial charge in [-0.05, 0) is 30.3 Å². The molecular formula is C18H17N3O3S. The van der Waals surface area contributed by atoms with Crippen LogP contribution in [-0.4, -0.2) is 41.5 Å². The number of nitrogens with one attached hydrogen (secondary N) is 1. The summed E-state index contributed by atoms with van der Waals surface area (Å²) < 4.78 is 5.57. The second-order valence-electron chi connectivity index (χ2n) is 5.56. The molecule has 0 saturated carbocycles. The minimum atomic E-state index is -0.193. The Bertz CT molecular complexity index is 888. The number of aromatic nitrogens is 1. The van der Waals surface area contributed by atoms with Crippen LogP contribution in [0.15, 0.2) is 58.2 Å². The first-order valence-corrected chi connectivity index (χ1v) is 8.61. The smallest absolute Gasteiger partial charge is 0.257 e. The first-order chi connectivity index (χ1) is 12.0. The maximum absolute atomic E-state index is 12.1. The maximum Gasteiger partial charge on any atom is 0.257 e. The normalized spacial score (nSPS) is 10.6. The number of hydrogen-bond acceptors (Lipinski definition) is 5. The van der Waals surface area contributed by atoms with Gasteiger partial charge < -0.3 is 14.6 Å². The third-order valence-electron chi connectivity index (χ3n) is 3.40. The average Bonchev–Trinajstić information content (AvgIpc) is 3.02. The van der Waals surface area contributed by atoms with E-state index < -0.39 is 0 Å². The highest BCUT2D eigenvalue weighted by molar-refractivity contribution is 7.99. The number of nitrogens with zero attached hydrogens (tertiary/aromatic N) is 2. The molecule has 128 valence electrons. The van der Waals surface area contributed by atoms with Crippen LogP contribution in [0.1, 0.15) is 10.4 Å². The lowest BCUT2D eigenvalue weighted by Crippen LogP contribution is -2.22. The summed E-state index contributed by atoms with van der Waals surface area (Å²) in [6, 6.07) is 14.3. The Kier molecular flexibility index (Phi) is 5.04. The van der Waals surface area contributed by atoms with Crippen molar-refractivity contribution in [2.45, 2.75) is 5.22 Å². The van der Waals surface area contributed by atoms with Gasteiger partial charge in [0, 0.05) is 25.3 Å². The molecule has 1 aromatic heterocycles. The summed E-state index contributed by atoms with van der Waals surface area (Å²) in [4.78, 5) is 29.9. The van der Waals surface area contributed by atoms with E-state index in [1.165, 1.54) is 16.7 Å². The number of fused-ring (bicyclic) bond motifs is 1. The largest absolute Gasteiger partial charge is 0.431 e. The number of benzene rings is 2. The minimum absolute atomic E-state index is 0.114. The van der Waals surface area contributed by atoms with Crippen LogP contribution in [0, 0.1) is 0 Å². The fourth-order valence-corrected chi connectivity index (χ4v) is 2.86. The van der Waals surface area contributed by atoms with Gasteiger partial charge in [0.2, 0.25) is 5.91 Å². The Hall–Kier alpha value is -2.80. The second-order valence-corrected chi connectivity index (χ2v) is 6.49. The quantitative estimate of drug-likeness (QED) is 0.711. The molecule has 0 aliphatic heterocycles. The summed E-state index contributed by atoms with van der Waals surface area (Å²) >= 11 is 1.22. The van der Waals surface area contributed by atoms with Crippen LogP contribution < -0.4 is 5.32 Å². The van der Waals surface area contributed by atoms with E-state index in [0.717, 1.165) is 5.52 Å². The predicted octanol–water partition coefficient (Wildman–Crippen LogP) is 3.26. The van der Waals surface area contributed by atoms with E-state index in [1.54, 1.807) is 38.4 Å². The molecule has 0 aliphatic carbocycles. The molecule has 0 atom stereocenters. The van der Waals surface area contributed by atoms with E-state index in [9.17, 15) is 9.59 Å². The molecule has 7 heteroatoms. The first-order valence-electron chi connectivity index (χ1n) is 7.63. The second kappa shape index (κ2) is 7.40. The third-order valence-corrected chi connectivity index (χ3v) is 4.23. The number of thioether (sulfide) groups is 1. The molecule has 2 aromatic carbocycles. The summed E-state index contributed by atoms with van der Waals surface area (Å²) in [5.41, 5.74) is 2.56. The van der Waals surface area contributed by atoms with E-state index in [-0.39, 0.29) is 17.6 Å². The topological polar surface area (TPSA) is 75.4 Å². The lowest BCUT2D eigenvalue weighted by atomic mass is 10.2. The van der Waals surface area contributed by atoms with Gasteiger partial charge in [0.1, 0.15) is 5.52 Å². The van der Waals surface area contributed by atoms with E-state index in [0.29, 0.717) is 22.1 Å². The molecule has 0 aliphatic rings. The van der Waals surface area contributed by atoms with Crippen LogP contribution in [0.5, 0.6) is 0 Å². The summed E-state index contributed by atoms with van der Waals surface area (Å²) in [6.07, 6.45) is 0. The number of hydrogen-bond donors (Lipinski definition) is 1. The summed E-state index contributed by atoms with van der Waals surface area (Å²) in [5.74, 6) is -0.141. The Labute approximate surface area is 149 Å². The van der Waals surface area contributed by atoms with Crippen LogP contribution >= 0.6 is 11.8 Å². The van der Waals surface area contributed by atoms with E-state index in [2.05, 4.69) is 10.3 Å². The van der Waals surface area contributed by atoms with Gasteiger partial charge in [-0.3, -0.25) is 9.59 Å². The van der Waals surface area contributed by atoms with E-state index in [4.69, 9.17) is 4.42 Å². The molecule has 0 unspecified atom stereocenters. The van der Waals surface area contributed by atoms with Crippen molar-refractivity contribution in [3.63, 3.8) is 0 Å². The number of carbonyl (C=O) groups excluding carboxylic acids is 2. The standard InChI is InChI=1S/C18H17N3O3S/c1-21(2)17(23)12-6-5-7-13(10-12)19-16(22)11-25-18-20-14-8-3-4-9-15(14)24-18/h3-10H,11H2,1-2H3,(H,19,22). The van der Waals surface area contributed by atoms with Gasteiger partial charge in [-0.1, -0.05) is 30.0 Å². The van der Waals surface area contributed by atoms with Crippen LogP contribution in [-0.2, 0) is 4.79 Å². The van der Waals surface area contributed by atoms with Gasteiger partial charge >= 0.3 is 0 Å². The highest BCUT2D eigenvalue weighted by atomic mass is 32.2. The van der Waals surface area contributed by atoms with Crippen molar-refractivity contribution in [2.75, 3.05) is 25.2 Å². The molecule has 3 rings (SSSR count). The monoisotopic (exact) mass is 355 g/mol. The zero-order valence-corrected chi connectivity index (χ0v) is 14.7. The molecule has 0 fully saturated rings. The fraction of sp³-hybridized carbons (Fsp3) is 0.167. The van der Waals surface area contributed by atoms with Crippen molar-refractivity contribution >= 4 is 40.4 Å². The molecule has 1 heterocycles. The molecule has 0 saturated heterocycles. The molecule has 25 heavy (non-hydrogen) atoms. The average molecular weight is 355 g/mol. The first kappa shape index (κ1) is 17.0. The highest BCUT2D eigenvalue weighted by Crippen LogP contribution is 2.23. The number of carbonyl (C=O) groups is 2. The summed E-state index contributed by atoms with van der Waals surface area (Å²) in [5, 5.41) is 3.23. The third kappa shape index (κ3) is 4.19. The zero-order valence-electron chi connectivity index (χ0n) is 13.9. The van der Waals surface area contributed by atoms with Gasteiger partial charge in [-0.15, -0.1) is 0 Å². The Morgan fingerprint density at radius 3 is 2.72 bits per heavy atom. The number of rotatable bonds is 5. The molecule has 2 amide bonds. The molecule has 3 aromatic rings. The van der Waals surface area contributed by atoms with Gasteiger partial charge in [-0.2, -0.15) is 0 Å². The highest BCUT2D eigenvalue weighted by Gasteiger charge is 2.11. The van der Waals surface area contributed by atoms with Crippen molar-refractivity contribution in [3.8, 4) is 0 Å². The van der Waals surface area contributed by atoms with Crippen molar-refractivity contribution in [1.29, 1.82) is 0 Å². The van der Waals surface area contributed by atoms with Gasteiger partial charge in [0.15, 0.2) is 5.58 Å². The van der Waals surface area contributed by atoms with Crippen LogP contribution in [0.4, 0.5) is 5.69 Å². The SMILES string of the molecule is CN(C)C(=O)c1cccc(NC(=O)CSc2nc3ccccc3o2)c1. The number of anilines is 1. The molecule has 6 nitrogen and oxygen atoms in total. The molecule has 0 radical (unpaired) electrons. The maximum atomic E-state index is 12.1. The Morgan fingerprint density at radius 2 is 1.96 bits per heavy atom. The van der Waals surface area contributed by atoms with Crippen LogP contribution in [0.3, 0.4) is 0 Å². The van der Waals surface area contributed by atoms with Gasteiger partial charge in [0.25, 0.3) is 11.1 Å². The van der Waals surface area contributed by atoms with Crippen molar-refractivity contribution in [1.82, 2.24) is 9.88 Å². The van der Waals surface area contributed by atoms with Gasteiger partial charge in [-0.25, -0.2) is 4.98 Å². The number of oxazole rings is 1. The molecule has 0 spiro atoms. The van der Waals surface area contributed by atoms with E-state index in [1.807, 2.05) is 24.3 Å². The van der Waals surface area contributed by atoms with Crippen molar-refractivity contribution in [2.24, 2.45) is 0 Å². The van der Waals surface area contributed by atoms with Crippen LogP contribution in [0.25, 0.3) is 11.1 Å². The molecule has 0 bridgehead atoms. The number of para-hydroxylation sites is 2. The lowest BCUT2D eigenvalue weighted by molar-refractivity contribution is -0.113. The van der Waals surface area contributed by atoms with E-state index >= 15 is 0 Å². The van der Waals surface area contributed by atoms with Crippen LogP contribution in [0.2, 0.25) is 0 Å². The lowest BCUT2D eigenvalue weighted by Gasteiger charge is -2.11. The zero-order chi connectivity index (χ0) is 17.8. The fourth-order valence-electron chi connectivity index (χ4n) is 2.23. The van der Waals surface area contributed by atoms with Crippen molar-refractivity contribution in [3.05, 3.63) is 54.1 Å². The number of amides is 2. The molecular weight excluding hydrogens is 338 g/mol. The predicted molar refractivity (Wildman–Crippen MR) is 97.8 cm³/mol. The summed E-state index contributed by atoms with van der Waals surface area (Å²) in [6.45, 7) is 0. The summed E-state index contributed by atoms with van der Waals surface area (Å²) in [7, 11) is 3.37. The Morgan fingerprint density at radius 1 is 1.16 bits per heavy atom. The van der Waals surface area contributed by atoms with Gasteiger partial charge in [0.05, 0.1) is 5.75 Å². The minimum Gasteiger partial charge on any atom is -0.431 e. The van der Waals surface area contributed by atoms with Crippen molar-refractivity contribution < 1.29 is 14.0 Å². The Balaban J connectivity index is 1.61.